The van der Waals surface area contributed by atoms with Gasteiger partial charge in [0.2, 0.25) is 0 Å². The predicted molar refractivity (Wildman–Crippen MR) is 80.5 cm³/mol. The molecular weight excluding hydrogens is 236 g/mol. The number of nitrogens with zero attached hydrogens (tertiary/aromatic N) is 2. The molecule has 0 aromatic heterocycles. The van der Waals surface area contributed by atoms with Crippen LogP contribution in [0.25, 0.3) is 0 Å². The number of anilines is 1. The first-order chi connectivity index (χ1) is 8.88. The van der Waals surface area contributed by atoms with Gasteiger partial charge in [-0.15, -0.1) is 0 Å². The van der Waals surface area contributed by atoms with Gasteiger partial charge in [-0.25, -0.2) is 0 Å². The molecule has 19 heavy (non-hydrogen) atoms. The van der Waals surface area contributed by atoms with Crippen molar-refractivity contribution >= 4 is 5.69 Å². The molecule has 1 fully saturated rings. The Morgan fingerprint density at radius 1 is 1.26 bits per heavy atom. The fourth-order valence-electron chi connectivity index (χ4n) is 2.83. The maximum Gasteiger partial charge on any atom is 0.0569 e. The number of likely N-dealkylation sites (tertiary alicyclic amines) is 1. The van der Waals surface area contributed by atoms with E-state index in [-0.39, 0.29) is 11.6 Å². The van der Waals surface area contributed by atoms with Crippen LogP contribution in [0.15, 0.2) is 24.3 Å². The third-order valence-electron chi connectivity index (χ3n) is 4.15. The van der Waals surface area contributed by atoms with E-state index in [1.165, 1.54) is 11.3 Å². The molecule has 0 bridgehead atoms. The van der Waals surface area contributed by atoms with E-state index in [1.807, 2.05) is 0 Å². The lowest BCUT2D eigenvalue weighted by Gasteiger charge is -2.44. The first kappa shape index (κ1) is 14.4. The molecule has 1 aliphatic rings. The van der Waals surface area contributed by atoms with Crippen LogP contribution in [0, 0.1) is 0 Å². The average Bonchev–Trinajstić information content (AvgIpc) is 2.33. The fraction of sp³-hybridized carbons (Fsp3) is 0.625. The van der Waals surface area contributed by atoms with Crippen LogP contribution in [0.3, 0.4) is 0 Å². The summed E-state index contributed by atoms with van der Waals surface area (Å²) in [5.74, 6) is 0. The van der Waals surface area contributed by atoms with Crippen LogP contribution in [0.2, 0.25) is 0 Å². The van der Waals surface area contributed by atoms with Gasteiger partial charge in [-0.3, -0.25) is 4.90 Å². The summed E-state index contributed by atoms with van der Waals surface area (Å²) in [6, 6.07) is 8.75. The second kappa shape index (κ2) is 5.51. The minimum atomic E-state index is -0.137. The first-order valence-electron chi connectivity index (χ1n) is 7.08. The van der Waals surface area contributed by atoms with Crippen LogP contribution in [0.4, 0.5) is 5.69 Å². The summed E-state index contributed by atoms with van der Waals surface area (Å²) in [7, 11) is 4.12. The maximum absolute atomic E-state index is 9.79. The van der Waals surface area contributed by atoms with Gasteiger partial charge in [-0.1, -0.05) is 12.1 Å². The Balaban J connectivity index is 2.04. The number of benzene rings is 1. The number of hydrogen-bond acceptors (Lipinski definition) is 3. The van der Waals surface area contributed by atoms with Crippen LogP contribution in [0.5, 0.6) is 0 Å². The molecule has 1 unspecified atom stereocenters. The van der Waals surface area contributed by atoms with Gasteiger partial charge in [-0.2, -0.15) is 0 Å². The lowest BCUT2D eigenvalue weighted by molar-refractivity contribution is -0.00717. The summed E-state index contributed by atoms with van der Waals surface area (Å²) in [5, 5.41) is 9.79. The van der Waals surface area contributed by atoms with Gasteiger partial charge in [0.1, 0.15) is 0 Å². The zero-order chi connectivity index (χ0) is 14.0. The Bertz CT molecular complexity index is 411. The van der Waals surface area contributed by atoms with Gasteiger partial charge in [-0.05, 0) is 44.4 Å². The molecule has 3 nitrogen and oxygen atoms in total. The number of piperidine rings is 1. The quantitative estimate of drug-likeness (QED) is 0.906. The monoisotopic (exact) mass is 262 g/mol. The van der Waals surface area contributed by atoms with Gasteiger partial charge in [0.25, 0.3) is 0 Å². The molecule has 0 spiro atoms. The third-order valence-corrected chi connectivity index (χ3v) is 4.15. The molecule has 0 amide bonds. The topological polar surface area (TPSA) is 26.7 Å². The minimum absolute atomic E-state index is 0.0812. The lowest BCUT2D eigenvalue weighted by Crippen LogP contribution is -2.50. The first-order valence-corrected chi connectivity index (χ1v) is 7.08. The van der Waals surface area contributed by atoms with Gasteiger partial charge in [0.05, 0.1) is 6.10 Å². The van der Waals surface area contributed by atoms with Crippen molar-refractivity contribution in [2.75, 3.05) is 25.5 Å². The summed E-state index contributed by atoms with van der Waals surface area (Å²) < 4.78 is 0. The molecule has 0 aliphatic carbocycles. The van der Waals surface area contributed by atoms with Gasteiger partial charge < -0.3 is 10.0 Å². The zero-order valence-electron chi connectivity index (χ0n) is 12.6. The van der Waals surface area contributed by atoms with Crippen LogP contribution < -0.4 is 4.90 Å². The molecule has 0 saturated carbocycles. The molecule has 0 radical (unpaired) electrons. The van der Waals surface area contributed by atoms with Crippen LogP contribution >= 0.6 is 0 Å². The van der Waals surface area contributed by atoms with Crippen molar-refractivity contribution in [2.45, 2.75) is 44.9 Å². The Morgan fingerprint density at radius 2 is 1.89 bits per heavy atom. The molecule has 1 heterocycles. The molecule has 1 N–H and O–H groups in total. The van der Waals surface area contributed by atoms with Crippen molar-refractivity contribution in [2.24, 2.45) is 0 Å². The molecule has 1 atom stereocenters. The number of aliphatic hydroxyl groups is 1. The van der Waals surface area contributed by atoms with Crippen molar-refractivity contribution in [3.63, 3.8) is 0 Å². The Morgan fingerprint density at radius 3 is 2.42 bits per heavy atom. The van der Waals surface area contributed by atoms with E-state index in [0.717, 1.165) is 25.9 Å². The van der Waals surface area contributed by atoms with E-state index in [9.17, 15) is 5.11 Å². The van der Waals surface area contributed by atoms with E-state index in [0.29, 0.717) is 0 Å². The number of rotatable bonds is 3. The molecule has 3 heteroatoms. The highest BCUT2D eigenvalue weighted by molar-refractivity contribution is 5.45. The van der Waals surface area contributed by atoms with Crippen molar-refractivity contribution in [3.8, 4) is 0 Å². The van der Waals surface area contributed by atoms with E-state index in [2.05, 4.69) is 62.0 Å². The molecule has 1 aromatic carbocycles. The average molecular weight is 262 g/mol. The molecular formula is C16H26N2O. The molecule has 1 saturated heterocycles. The molecule has 2 rings (SSSR count). The summed E-state index contributed by atoms with van der Waals surface area (Å²) in [4.78, 5) is 4.59. The maximum atomic E-state index is 9.79. The smallest absolute Gasteiger partial charge is 0.0569 e. The second-order valence-corrected chi connectivity index (χ2v) is 6.44. The highest BCUT2D eigenvalue weighted by Crippen LogP contribution is 2.29. The second-order valence-electron chi connectivity index (χ2n) is 6.44. The molecule has 1 aromatic rings. The highest BCUT2D eigenvalue weighted by atomic mass is 16.3. The Kier molecular flexibility index (Phi) is 4.16. The number of hydrogen-bond donors (Lipinski definition) is 1. The van der Waals surface area contributed by atoms with Gasteiger partial charge >= 0.3 is 0 Å². The van der Waals surface area contributed by atoms with E-state index < -0.39 is 0 Å². The zero-order valence-corrected chi connectivity index (χ0v) is 12.6. The minimum Gasteiger partial charge on any atom is -0.393 e. The van der Waals surface area contributed by atoms with Gasteiger partial charge in [0, 0.05) is 38.4 Å². The SMILES string of the molecule is CN(C)c1ccc(CN2CCC(O)CC2(C)C)cc1. The molecule has 1 aliphatic heterocycles. The summed E-state index contributed by atoms with van der Waals surface area (Å²) in [6.45, 7) is 6.39. The van der Waals surface area contributed by atoms with E-state index in [1.54, 1.807) is 0 Å². The van der Waals surface area contributed by atoms with Gasteiger partial charge in [0.15, 0.2) is 0 Å². The fourth-order valence-corrected chi connectivity index (χ4v) is 2.83. The van der Waals surface area contributed by atoms with Crippen LogP contribution in [0.1, 0.15) is 32.3 Å². The summed E-state index contributed by atoms with van der Waals surface area (Å²) in [6.07, 6.45) is 1.62. The lowest BCUT2D eigenvalue weighted by atomic mass is 9.88. The highest BCUT2D eigenvalue weighted by Gasteiger charge is 2.33. The van der Waals surface area contributed by atoms with Crippen LogP contribution in [-0.4, -0.2) is 42.3 Å². The molecule has 106 valence electrons. The van der Waals surface area contributed by atoms with E-state index >= 15 is 0 Å². The van der Waals surface area contributed by atoms with Crippen LogP contribution in [-0.2, 0) is 6.54 Å². The Hall–Kier alpha value is -1.06. The Labute approximate surface area is 116 Å². The van der Waals surface area contributed by atoms with Crippen molar-refractivity contribution < 1.29 is 5.11 Å². The largest absolute Gasteiger partial charge is 0.393 e. The third kappa shape index (κ3) is 3.48. The predicted octanol–water partition coefficient (Wildman–Crippen LogP) is 2.49. The normalized spacial score (nSPS) is 23.3. The van der Waals surface area contributed by atoms with Crippen molar-refractivity contribution in [1.29, 1.82) is 0 Å². The summed E-state index contributed by atoms with van der Waals surface area (Å²) >= 11 is 0. The van der Waals surface area contributed by atoms with Crippen molar-refractivity contribution in [3.05, 3.63) is 29.8 Å². The summed E-state index contributed by atoms with van der Waals surface area (Å²) in [5.41, 5.74) is 2.66. The number of aliphatic hydroxyl groups excluding tert-OH is 1. The standard InChI is InChI=1S/C16H26N2O/c1-16(2)11-15(19)9-10-18(16)12-13-5-7-14(8-6-13)17(3)4/h5-8,15,19H,9-12H2,1-4H3. The van der Waals surface area contributed by atoms with Crippen molar-refractivity contribution in [1.82, 2.24) is 4.90 Å². The van der Waals surface area contributed by atoms with E-state index in [4.69, 9.17) is 0 Å².